The number of rotatable bonds is 6. The van der Waals surface area contributed by atoms with Gasteiger partial charge in [0.2, 0.25) is 0 Å². The standard InChI is InChI=1S/C32H31ClN4O4/c1-32(24-7-8-25(33)23-12-17-39-29(23)24)40-27-6-2-4-22(30(27)41-32)20-9-14-36(15-10-20)19-28-35-26-5-3-13-34-31(26)37(28)18-21-11-16-38-21/h2-8,12-13,17,20-21H,9-11,14-16,18-19H2,1H3/t21-,32?/m0/s1. The lowest BCUT2D eigenvalue weighted by molar-refractivity contribution is -0.0678. The van der Waals surface area contributed by atoms with Crippen molar-refractivity contribution in [3.05, 3.63) is 83.0 Å². The molecule has 3 aromatic heterocycles. The minimum Gasteiger partial charge on any atom is -0.464 e. The molecule has 0 aliphatic carbocycles. The molecule has 0 radical (unpaired) electrons. The van der Waals surface area contributed by atoms with Gasteiger partial charge in [-0.2, -0.15) is 0 Å². The molecule has 2 saturated heterocycles. The number of halogens is 1. The Kier molecular flexibility index (Phi) is 5.98. The summed E-state index contributed by atoms with van der Waals surface area (Å²) in [4.78, 5) is 12.1. The molecule has 0 N–H and O–H groups in total. The Morgan fingerprint density at radius 3 is 2.73 bits per heavy atom. The topological polar surface area (TPSA) is 74.8 Å². The molecule has 0 saturated carbocycles. The third kappa shape index (κ3) is 4.28. The van der Waals surface area contributed by atoms with Crippen molar-refractivity contribution >= 4 is 33.7 Å². The number of para-hydroxylation sites is 1. The van der Waals surface area contributed by atoms with Gasteiger partial charge in [0.15, 0.2) is 17.1 Å². The first-order valence-electron chi connectivity index (χ1n) is 14.4. The normalized spacial score (nSPS) is 22.9. The van der Waals surface area contributed by atoms with E-state index in [1.54, 1.807) is 6.26 Å². The summed E-state index contributed by atoms with van der Waals surface area (Å²) < 4.78 is 26.9. The first-order chi connectivity index (χ1) is 20.1. The van der Waals surface area contributed by atoms with Crippen LogP contribution in [0.5, 0.6) is 11.5 Å². The molecule has 3 aliphatic rings. The van der Waals surface area contributed by atoms with Crippen LogP contribution in [-0.4, -0.2) is 45.2 Å². The van der Waals surface area contributed by atoms with Gasteiger partial charge in [0.1, 0.15) is 16.9 Å². The largest absolute Gasteiger partial charge is 0.464 e. The van der Waals surface area contributed by atoms with E-state index in [1.165, 1.54) is 5.56 Å². The maximum absolute atomic E-state index is 6.64. The molecular weight excluding hydrogens is 540 g/mol. The van der Waals surface area contributed by atoms with E-state index in [9.17, 15) is 0 Å². The quantitative estimate of drug-likeness (QED) is 0.226. The molecule has 2 aromatic carbocycles. The molecule has 6 heterocycles. The number of likely N-dealkylation sites (tertiary alicyclic amines) is 1. The van der Waals surface area contributed by atoms with Crippen LogP contribution in [0.15, 0.2) is 65.4 Å². The molecule has 1 unspecified atom stereocenters. The van der Waals surface area contributed by atoms with Crippen LogP contribution in [0.3, 0.4) is 0 Å². The van der Waals surface area contributed by atoms with E-state index in [-0.39, 0.29) is 6.10 Å². The Balaban J connectivity index is 1.00. The molecule has 3 aliphatic heterocycles. The number of hydrogen-bond acceptors (Lipinski definition) is 7. The zero-order valence-corrected chi connectivity index (χ0v) is 23.6. The van der Waals surface area contributed by atoms with Gasteiger partial charge in [0.05, 0.1) is 36.0 Å². The van der Waals surface area contributed by atoms with Crippen molar-refractivity contribution < 1.29 is 18.6 Å². The van der Waals surface area contributed by atoms with E-state index < -0.39 is 5.79 Å². The van der Waals surface area contributed by atoms with E-state index in [4.69, 9.17) is 35.2 Å². The van der Waals surface area contributed by atoms with Crippen LogP contribution >= 0.6 is 11.6 Å². The van der Waals surface area contributed by atoms with Gasteiger partial charge in [0, 0.05) is 30.7 Å². The van der Waals surface area contributed by atoms with Crippen molar-refractivity contribution in [2.24, 2.45) is 0 Å². The Morgan fingerprint density at radius 1 is 1.02 bits per heavy atom. The third-order valence-corrected chi connectivity index (χ3v) is 9.15. The molecular formula is C32H31ClN4O4. The van der Waals surface area contributed by atoms with Gasteiger partial charge in [0.25, 0.3) is 5.79 Å². The molecule has 2 fully saturated rings. The van der Waals surface area contributed by atoms with E-state index in [2.05, 4.69) is 26.6 Å². The van der Waals surface area contributed by atoms with Crippen molar-refractivity contribution in [2.75, 3.05) is 19.7 Å². The molecule has 2 atom stereocenters. The van der Waals surface area contributed by atoms with Gasteiger partial charge >= 0.3 is 0 Å². The monoisotopic (exact) mass is 570 g/mol. The number of aromatic nitrogens is 3. The van der Waals surface area contributed by atoms with Gasteiger partial charge in [-0.05, 0) is 74.7 Å². The highest BCUT2D eigenvalue weighted by Crippen LogP contribution is 2.50. The van der Waals surface area contributed by atoms with Crippen LogP contribution in [-0.2, 0) is 23.6 Å². The summed E-state index contributed by atoms with van der Waals surface area (Å²) in [5, 5.41) is 1.50. The fourth-order valence-corrected chi connectivity index (χ4v) is 6.73. The second kappa shape index (κ2) is 9.76. The van der Waals surface area contributed by atoms with Crippen molar-refractivity contribution in [2.45, 2.75) is 57.1 Å². The maximum atomic E-state index is 6.64. The fourth-order valence-electron chi connectivity index (χ4n) is 6.52. The summed E-state index contributed by atoms with van der Waals surface area (Å²) in [6, 6.07) is 15.9. The lowest BCUT2D eigenvalue weighted by Gasteiger charge is -2.33. The zero-order valence-electron chi connectivity index (χ0n) is 22.9. The minimum atomic E-state index is -1.00. The number of piperidine rings is 1. The Labute approximate surface area is 242 Å². The first kappa shape index (κ1) is 25.1. The van der Waals surface area contributed by atoms with E-state index >= 15 is 0 Å². The van der Waals surface area contributed by atoms with Gasteiger partial charge in [-0.1, -0.05) is 23.7 Å². The van der Waals surface area contributed by atoms with Crippen molar-refractivity contribution in [1.29, 1.82) is 0 Å². The lowest BCUT2D eigenvalue weighted by atomic mass is 9.88. The first-order valence-corrected chi connectivity index (χ1v) is 14.7. The summed E-state index contributed by atoms with van der Waals surface area (Å²) in [5.74, 6) is 2.03. The minimum absolute atomic E-state index is 0.253. The Morgan fingerprint density at radius 2 is 1.90 bits per heavy atom. The number of ether oxygens (including phenoxy) is 3. The van der Waals surface area contributed by atoms with Crippen LogP contribution in [0, 0.1) is 0 Å². The molecule has 210 valence electrons. The van der Waals surface area contributed by atoms with Gasteiger partial charge in [-0.25, -0.2) is 9.97 Å². The SMILES string of the molecule is CC1(c2ccc(Cl)c3ccoc23)Oc2cccc(C3CCN(Cc4nc5cccnc5n4C[C@@H]4CCO4)CC3)c2O1. The van der Waals surface area contributed by atoms with Crippen molar-refractivity contribution in [1.82, 2.24) is 19.4 Å². The maximum Gasteiger partial charge on any atom is 0.279 e. The van der Waals surface area contributed by atoms with E-state index in [0.29, 0.717) is 16.5 Å². The van der Waals surface area contributed by atoms with Crippen LogP contribution in [0.2, 0.25) is 5.02 Å². The van der Waals surface area contributed by atoms with Gasteiger partial charge in [-0.3, -0.25) is 4.90 Å². The number of hydrogen-bond donors (Lipinski definition) is 0. The van der Waals surface area contributed by atoms with Crippen molar-refractivity contribution in [3.63, 3.8) is 0 Å². The Bertz CT molecular complexity index is 1750. The predicted molar refractivity (Wildman–Crippen MR) is 155 cm³/mol. The highest BCUT2D eigenvalue weighted by molar-refractivity contribution is 6.35. The smallest absolute Gasteiger partial charge is 0.279 e. The second-order valence-corrected chi connectivity index (χ2v) is 11.8. The highest BCUT2D eigenvalue weighted by atomic mass is 35.5. The number of pyridine rings is 1. The molecule has 9 heteroatoms. The number of benzene rings is 2. The molecule has 8 rings (SSSR count). The lowest BCUT2D eigenvalue weighted by Crippen LogP contribution is -2.35. The fraction of sp³-hybridized carbons (Fsp3) is 0.375. The van der Waals surface area contributed by atoms with Crippen LogP contribution in [0.4, 0.5) is 0 Å². The molecule has 8 nitrogen and oxygen atoms in total. The number of fused-ring (bicyclic) bond motifs is 3. The molecule has 41 heavy (non-hydrogen) atoms. The summed E-state index contributed by atoms with van der Waals surface area (Å²) in [6.45, 7) is 6.36. The number of imidazole rings is 1. The van der Waals surface area contributed by atoms with Crippen LogP contribution in [0.1, 0.15) is 49.1 Å². The molecule has 0 bridgehead atoms. The van der Waals surface area contributed by atoms with Crippen LogP contribution in [0.25, 0.3) is 22.1 Å². The molecule has 0 amide bonds. The summed E-state index contributed by atoms with van der Waals surface area (Å²) >= 11 is 6.40. The summed E-state index contributed by atoms with van der Waals surface area (Å²) in [6.07, 6.45) is 6.90. The highest BCUT2D eigenvalue weighted by Gasteiger charge is 2.43. The number of nitrogens with zero attached hydrogens (tertiary/aromatic N) is 4. The Hall–Kier alpha value is -3.59. The van der Waals surface area contributed by atoms with Gasteiger partial charge < -0.3 is 23.2 Å². The van der Waals surface area contributed by atoms with Crippen LogP contribution < -0.4 is 9.47 Å². The van der Waals surface area contributed by atoms with E-state index in [0.717, 1.165) is 91.5 Å². The zero-order chi connectivity index (χ0) is 27.6. The summed E-state index contributed by atoms with van der Waals surface area (Å²) in [7, 11) is 0. The predicted octanol–water partition coefficient (Wildman–Crippen LogP) is 6.64. The van der Waals surface area contributed by atoms with Crippen molar-refractivity contribution in [3.8, 4) is 11.5 Å². The molecule has 0 spiro atoms. The van der Waals surface area contributed by atoms with E-state index in [1.807, 2.05) is 49.5 Å². The second-order valence-electron chi connectivity index (χ2n) is 11.4. The average Bonchev–Trinajstić information content (AvgIpc) is 3.67. The number of furan rings is 1. The summed E-state index contributed by atoms with van der Waals surface area (Å²) in [5.41, 5.74) is 4.61. The third-order valence-electron chi connectivity index (χ3n) is 8.82. The molecule has 5 aromatic rings. The average molecular weight is 571 g/mol. The van der Waals surface area contributed by atoms with Gasteiger partial charge in [-0.15, -0.1) is 0 Å².